The second-order valence-electron chi connectivity index (χ2n) is 6.12. The van der Waals surface area contributed by atoms with Crippen LogP contribution in [0.4, 0.5) is 0 Å². The molecule has 26 heavy (non-hydrogen) atoms. The normalized spacial score (nSPS) is 15.8. The SMILES string of the molecule is COc1cc2c(cc1OC)[C@H](c1cc(OC)c(OC)c(OC)c1)[NH2+]CC2. The monoisotopic (exact) mass is 360 g/mol. The van der Waals surface area contributed by atoms with Crippen molar-refractivity contribution in [1.29, 1.82) is 0 Å². The zero-order valence-corrected chi connectivity index (χ0v) is 15.9. The molecule has 3 rings (SSSR count). The van der Waals surface area contributed by atoms with Crippen LogP contribution in [-0.2, 0) is 6.42 Å². The molecule has 2 N–H and O–H groups in total. The first-order chi connectivity index (χ1) is 12.7. The van der Waals surface area contributed by atoms with E-state index in [1.54, 1.807) is 35.5 Å². The third-order valence-electron chi connectivity index (χ3n) is 4.84. The zero-order valence-electron chi connectivity index (χ0n) is 15.9. The van der Waals surface area contributed by atoms with Crippen molar-refractivity contribution in [3.8, 4) is 28.7 Å². The van der Waals surface area contributed by atoms with E-state index in [1.165, 1.54) is 11.1 Å². The number of rotatable bonds is 6. The summed E-state index contributed by atoms with van der Waals surface area (Å²) in [5.74, 6) is 3.41. The summed E-state index contributed by atoms with van der Waals surface area (Å²) in [7, 11) is 8.20. The van der Waals surface area contributed by atoms with E-state index >= 15 is 0 Å². The van der Waals surface area contributed by atoms with Crippen molar-refractivity contribution in [2.45, 2.75) is 12.5 Å². The van der Waals surface area contributed by atoms with Gasteiger partial charge in [-0.1, -0.05) is 0 Å². The number of hydrogen-bond donors (Lipinski definition) is 1. The molecule has 6 heteroatoms. The fourth-order valence-corrected chi connectivity index (χ4v) is 3.57. The van der Waals surface area contributed by atoms with E-state index in [0.717, 1.165) is 30.0 Å². The van der Waals surface area contributed by atoms with E-state index < -0.39 is 0 Å². The van der Waals surface area contributed by atoms with Crippen molar-refractivity contribution in [2.24, 2.45) is 0 Å². The van der Waals surface area contributed by atoms with Gasteiger partial charge in [-0.05, 0) is 29.8 Å². The van der Waals surface area contributed by atoms with Crippen molar-refractivity contribution in [2.75, 3.05) is 42.1 Å². The smallest absolute Gasteiger partial charge is 0.203 e. The molecule has 0 saturated carbocycles. The quantitative estimate of drug-likeness (QED) is 0.853. The third kappa shape index (κ3) is 3.12. The van der Waals surface area contributed by atoms with E-state index in [2.05, 4.69) is 17.4 Å². The molecular weight excluding hydrogens is 334 g/mol. The molecule has 1 atom stereocenters. The van der Waals surface area contributed by atoms with Crippen LogP contribution in [0.3, 0.4) is 0 Å². The molecule has 0 spiro atoms. The van der Waals surface area contributed by atoms with Crippen LogP contribution in [0.2, 0.25) is 0 Å². The maximum Gasteiger partial charge on any atom is 0.203 e. The number of fused-ring (bicyclic) bond motifs is 1. The van der Waals surface area contributed by atoms with Gasteiger partial charge in [-0.2, -0.15) is 0 Å². The molecule has 0 bridgehead atoms. The Morgan fingerprint density at radius 1 is 0.731 bits per heavy atom. The highest BCUT2D eigenvalue weighted by Crippen LogP contribution is 2.42. The van der Waals surface area contributed by atoms with Crippen LogP contribution in [-0.4, -0.2) is 42.1 Å². The Kier molecular flexibility index (Phi) is 5.42. The van der Waals surface area contributed by atoms with Crippen LogP contribution in [0.25, 0.3) is 0 Å². The summed E-state index contributed by atoms with van der Waals surface area (Å²) in [4.78, 5) is 0. The first-order valence-electron chi connectivity index (χ1n) is 8.54. The Bertz CT molecular complexity index is 765. The maximum atomic E-state index is 5.52. The number of hydrogen-bond acceptors (Lipinski definition) is 5. The number of quaternary nitrogens is 1. The molecule has 0 aromatic heterocycles. The van der Waals surface area contributed by atoms with Gasteiger partial charge in [0.25, 0.3) is 0 Å². The molecule has 0 aliphatic carbocycles. The summed E-state index contributed by atoms with van der Waals surface area (Å²) in [5.41, 5.74) is 3.57. The Balaban J connectivity index is 2.12. The summed E-state index contributed by atoms with van der Waals surface area (Å²) in [5, 5.41) is 2.31. The molecule has 2 aromatic rings. The second-order valence-corrected chi connectivity index (χ2v) is 6.12. The fourth-order valence-electron chi connectivity index (χ4n) is 3.57. The van der Waals surface area contributed by atoms with Gasteiger partial charge in [0.1, 0.15) is 6.04 Å². The summed E-state index contributed by atoms with van der Waals surface area (Å²) in [6.45, 7) is 0.990. The standard InChI is InChI=1S/C20H25NO5/c1-22-15-8-12-6-7-21-19(14(12)11-16(15)23-2)13-9-17(24-3)20(26-5)18(10-13)25-4/h8-11,19,21H,6-7H2,1-5H3/p+1/t19-/m0/s1. The molecule has 1 aliphatic rings. The number of nitrogens with two attached hydrogens (primary N) is 1. The highest BCUT2D eigenvalue weighted by atomic mass is 16.5. The Hall–Kier alpha value is -2.60. The van der Waals surface area contributed by atoms with E-state index in [1.807, 2.05) is 12.1 Å². The second kappa shape index (κ2) is 7.74. The third-order valence-corrected chi connectivity index (χ3v) is 4.84. The summed E-state index contributed by atoms with van der Waals surface area (Å²) < 4.78 is 27.4. The lowest BCUT2D eigenvalue weighted by Crippen LogP contribution is -2.87. The molecule has 2 aromatic carbocycles. The minimum absolute atomic E-state index is 0.118. The fraction of sp³-hybridized carbons (Fsp3) is 0.400. The zero-order chi connectivity index (χ0) is 18.7. The van der Waals surface area contributed by atoms with Crippen molar-refractivity contribution in [3.05, 3.63) is 41.0 Å². The van der Waals surface area contributed by atoms with Crippen LogP contribution >= 0.6 is 0 Å². The van der Waals surface area contributed by atoms with Gasteiger partial charge in [0.05, 0.1) is 42.1 Å². The first kappa shape index (κ1) is 18.2. The molecule has 140 valence electrons. The van der Waals surface area contributed by atoms with Gasteiger partial charge in [-0.3, -0.25) is 0 Å². The average molecular weight is 360 g/mol. The largest absolute Gasteiger partial charge is 0.493 e. The van der Waals surface area contributed by atoms with Crippen molar-refractivity contribution in [1.82, 2.24) is 0 Å². The van der Waals surface area contributed by atoms with Gasteiger partial charge in [-0.25, -0.2) is 0 Å². The van der Waals surface area contributed by atoms with Gasteiger partial charge in [0.15, 0.2) is 23.0 Å². The van der Waals surface area contributed by atoms with E-state index in [-0.39, 0.29) is 6.04 Å². The molecular formula is C20H26NO5+. The maximum absolute atomic E-state index is 5.52. The minimum atomic E-state index is 0.118. The van der Waals surface area contributed by atoms with E-state index in [9.17, 15) is 0 Å². The van der Waals surface area contributed by atoms with E-state index in [0.29, 0.717) is 17.2 Å². The van der Waals surface area contributed by atoms with Crippen molar-refractivity contribution < 1.29 is 29.0 Å². The van der Waals surface area contributed by atoms with E-state index in [4.69, 9.17) is 23.7 Å². The minimum Gasteiger partial charge on any atom is -0.493 e. The number of methoxy groups -OCH3 is 5. The lowest BCUT2D eigenvalue weighted by atomic mass is 9.89. The lowest BCUT2D eigenvalue weighted by Gasteiger charge is -2.26. The molecule has 0 fully saturated rings. The molecule has 0 unspecified atom stereocenters. The van der Waals surface area contributed by atoms with Crippen LogP contribution in [0.15, 0.2) is 24.3 Å². The lowest BCUT2D eigenvalue weighted by molar-refractivity contribution is -0.690. The molecule has 6 nitrogen and oxygen atoms in total. The molecule has 0 saturated heterocycles. The Morgan fingerprint density at radius 2 is 1.31 bits per heavy atom. The average Bonchev–Trinajstić information content (AvgIpc) is 2.70. The van der Waals surface area contributed by atoms with Crippen LogP contribution < -0.4 is 29.0 Å². The van der Waals surface area contributed by atoms with Gasteiger partial charge in [-0.15, -0.1) is 0 Å². The molecule has 0 radical (unpaired) electrons. The highest BCUT2D eigenvalue weighted by Gasteiger charge is 2.29. The van der Waals surface area contributed by atoms with Gasteiger partial charge < -0.3 is 29.0 Å². The first-order valence-corrected chi connectivity index (χ1v) is 8.54. The predicted molar refractivity (Wildman–Crippen MR) is 98.0 cm³/mol. The van der Waals surface area contributed by atoms with Crippen LogP contribution in [0.1, 0.15) is 22.7 Å². The Morgan fingerprint density at radius 3 is 1.85 bits per heavy atom. The van der Waals surface area contributed by atoms with Crippen LogP contribution in [0.5, 0.6) is 28.7 Å². The van der Waals surface area contributed by atoms with Crippen LogP contribution in [0, 0.1) is 0 Å². The summed E-state index contributed by atoms with van der Waals surface area (Å²) in [6.07, 6.45) is 0.983. The highest BCUT2D eigenvalue weighted by molar-refractivity contribution is 5.57. The topological polar surface area (TPSA) is 62.8 Å². The summed E-state index contributed by atoms with van der Waals surface area (Å²) >= 11 is 0. The van der Waals surface area contributed by atoms with Crippen molar-refractivity contribution in [3.63, 3.8) is 0 Å². The number of ether oxygens (including phenoxy) is 5. The molecule has 1 aliphatic heterocycles. The number of benzene rings is 2. The van der Waals surface area contributed by atoms with Gasteiger partial charge >= 0.3 is 0 Å². The molecule has 1 heterocycles. The molecule has 0 amide bonds. The van der Waals surface area contributed by atoms with Crippen molar-refractivity contribution >= 4 is 0 Å². The van der Waals surface area contributed by atoms with Gasteiger partial charge in [0, 0.05) is 17.5 Å². The Labute approximate surface area is 154 Å². The summed E-state index contributed by atoms with van der Waals surface area (Å²) in [6, 6.07) is 8.28. The predicted octanol–water partition coefficient (Wildman–Crippen LogP) is 1.94. The van der Waals surface area contributed by atoms with Gasteiger partial charge in [0.2, 0.25) is 5.75 Å².